The molecule has 0 aliphatic heterocycles. The van der Waals surface area contributed by atoms with Crippen molar-refractivity contribution >= 4 is 10.9 Å². The van der Waals surface area contributed by atoms with Crippen LogP contribution in [0.4, 0.5) is 0 Å². The minimum absolute atomic E-state index is 0.108. The molecule has 0 atom stereocenters. The fourth-order valence-electron chi connectivity index (χ4n) is 2.15. The minimum Gasteiger partial charge on any atom is -0.463 e. The van der Waals surface area contributed by atoms with Crippen molar-refractivity contribution in [3.63, 3.8) is 0 Å². The number of nitrogens with zero attached hydrogens (tertiary/aromatic N) is 2. The van der Waals surface area contributed by atoms with E-state index >= 15 is 0 Å². The van der Waals surface area contributed by atoms with E-state index in [1.807, 2.05) is 13.8 Å². The van der Waals surface area contributed by atoms with Gasteiger partial charge in [0.25, 0.3) is 5.56 Å². The summed E-state index contributed by atoms with van der Waals surface area (Å²) in [6.45, 7) is 5.69. The van der Waals surface area contributed by atoms with Crippen molar-refractivity contribution in [1.82, 2.24) is 9.13 Å². The molecule has 0 amide bonds. The summed E-state index contributed by atoms with van der Waals surface area (Å²) in [5, 5.41) is 0.516. The second-order valence-electron chi connectivity index (χ2n) is 4.61. The third-order valence-corrected chi connectivity index (χ3v) is 3.03. The molecule has 0 spiro atoms. The first kappa shape index (κ1) is 11.7. The highest BCUT2D eigenvalue weighted by Crippen LogP contribution is 2.27. The van der Waals surface area contributed by atoms with E-state index < -0.39 is 0 Å². The van der Waals surface area contributed by atoms with Gasteiger partial charge < -0.3 is 4.42 Å². The van der Waals surface area contributed by atoms with E-state index in [9.17, 15) is 9.59 Å². The molecule has 17 heavy (non-hydrogen) atoms. The number of aromatic nitrogens is 2. The lowest BCUT2D eigenvalue weighted by atomic mass is 10.1. The number of hydrogen-bond donors (Lipinski definition) is 0. The maximum atomic E-state index is 12.1. The van der Waals surface area contributed by atoms with E-state index in [1.165, 1.54) is 11.6 Å². The lowest BCUT2D eigenvalue weighted by Crippen LogP contribution is -2.37. The molecule has 5 heteroatoms. The average Bonchev–Trinajstić information content (AvgIpc) is 2.61. The highest BCUT2D eigenvalue weighted by Gasteiger charge is 2.20. The van der Waals surface area contributed by atoms with Crippen LogP contribution >= 0.6 is 0 Å². The van der Waals surface area contributed by atoms with Crippen LogP contribution in [0.15, 0.2) is 14.0 Å². The fourth-order valence-corrected chi connectivity index (χ4v) is 2.15. The Kier molecular flexibility index (Phi) is 2.49. The maximum absolute atomic E-state index is 12.1. The van der Waals surface area contributed by atoms with Crippen LogP contribution < -0.4 is 11.2 Å². The zero-order chi connectivity index (χ0) is 12.9. The van der Waals surface area contributed by atoms with Crippen LogP contribution in [0.1, 0.15) is 31.3 Å². The molecule has 5 nitrogen and oxygen atoms in total. The van der Waals surface area contributed by atoms with Gasteiger partial charge in [0.15, 0.2) is 0 Å². The van der Waals surface area contributed by atoms with E-state index in [-0.39, 0.29) is 17.2 Å². The van der Waals surface area contributed by atoms with Gasteiger partial charge in [0, 0.05) is 20.0 Å². The zero-order valence-corrected chi connectivity index (χ0v) is 10.7. The minimum atomic E-state index is -0.332. The van der Waals surface area contributed by atoms with Crippen molar-refractivity contribution < 1.29 is 4.42 Å². The highest BCUT2D eigenvalue weighted by atomic mass is 16.3. The molecular formula is C12H16N2O3. The van der Waals surface area contributed by atoms with Gasteiger partial charge in [0.2, 0.25) is 0 Å². The van der Waals surface area contributed by atoms with Gasteiger partial charge >= 0.3 is 5.69 Å². The largest absolute Gasteiger partial charge is 0.463 e. The number of fused-ring (bicyclic) bond motifs is 1. The van der Waals surface area contributed by atoms with Crippen LogP contribution in [-0.4, -0.2) is 9.13 Å². The molecule has 0 fully saturated rings. The zero-order valence-electron chi connectivity index (χ0n) is 10.7. The Morgan fingerprint density at radius 3 is 2.24 bits per heavy atom. The predicted octanol–water partition coefficient (Wildman–Crippen LogP) is 1.26. The average molecular weight is 236 g/mol. The Hall–Kier alpha value is -1.78. The molecule has 0 saturated heterocycles. The number of furan rings is 1. The summed E-state index contributed by atoms with van der Waals surface area (Å²) >= 11 is 0. The Bertz CT molecular complexity index is 701. The molecule has 0 radical (unpaired) electrons. The van der Waals surface area contributed by atoms with E-state index in [2.05, 4.69) is 0 Å². The van der Waals surface area contributed by atoms with Crippen molar-refractivity contribution in [2.45, 2.75) is 26.7 Å². The third-order valence-electron chi connectivity index (χ3n) is 3.03. The van der Waals surface area contributed by atoms with Gasteiger partial charge in [-0.1, -0.05) is 13.8 Å². The molecule has 2 aromatic heterocycles. The van der Waals surface area contributed by atoms with Crippen LogP contribution in [0.5, 0.6) is 0 Å². The fraction of sp³-hybridized carbons (Fsp3) is 0.500. The standard InChI is InChI=1S/C12H16N2O3/c1-6(2)10-8-9(7(3)17-10)13(4)12(16)14(5)11(8)15/h6H,1-5H3. The van der Waals surface area contributed by atoms with Gasteiger partial charge in [0.05, 0.1) is 5.52 Å². The van der Waals surface area contributed by atoms with E-state index in [0.717, 1.165) is 4.57 Å². The van der Waals surface area contributed by atoms with Crippen LogP contribution in [0.25, 0.3) is 10.9 Å². The Balaban J connectivity index is 3.15. The number of rotatable bonds is 1. The van der Waals surface area contributed by atoms with Crippen molar-refractivity contribution in [2.75, 3.05) is 0 Å². The van der Waals surface area contributed by atoms with Gasteiger partial charge in [-0.2, -0.15) is 0 Å². The van der Waals surface area contributed by atoms with Gasteiger partial charge in [0.1, 0.15) is 16.9 Å². The first-order valence-electron chi connectivity index (χ1n) is 5.55. The molecule has 0 aliphatic carbocycles. The Labute approximate surface area is 98.3 Å². The van der Waals surface area contributed by atoms with Crippen LogP contribution in [0.3, 0.4) is 0 Å². The molecule has 2 aromatic rings. The monoisotopic (exact) mass is 236 g/mol. The molecule has 0 aromatic carbocycles. The summed E-state index contributed by atoms with van der Waals surface area (Å²) in [6.07, 6.45) is 0. The Morgan fingerprint density at radius 2 is 1.71 bits per heavy atom. The second kappa shape index (κ2) is 3.61. The number of aryl methyl sites for hydroxylation is 2. The molecule has 0 unspecified atom stereocenters. The van der Waals surface area contributed by atoms with E-state index in [0.29, 0.717) is 22.4 Å². The third kappa shape index (κ3) is 1.45. The molecule has 2 heterocycles. The van der Waals surface area contributed by atoms with Gasteiger partial charge in [-0.3, -0.25) is 13.9 Å². The summed E-state index contributed by atoms with van der Waals surface area (Å²) in [5.41, 5.74) is -0.0212. The SMILES string of the molecule is Cc1oc(C(C)C)c2c(=O)n(C)c(=O)n(C)c12. The summed E-state index contributed by atoms with van der Waals surface area (Å²) in [5.74, 6) is 1.37. The van der Waals surface area contributed by atoms with Crippen molar-refractivity contribution in [3.8, 4) is 0 Å². The molecule has 0 bridgehead atoms. The van der Waals surface area contributed by atoms with Gasteiger partial charge in [-0.25, -0.2) is 4.79 Å². The predicted molar refractivity (Wildman–Crippen MR) is 65.5 cm³/mol. The normalized spacial score (nSPS) is 11.6. The van der Waals surface area contributed by atoms with E-state index in [1.54, 1.807) is 14.0 Å². The molecule has 2 rings (SSSR count). The summed E-state index contributed by atoms with van der Waals surface area (Å²) in [7, 11) is 3.13. The Morgan fingerprint density at radius 1 is 1.12 bits per heavy atom. The lowest BCUT2D eigenvalue weighted by molar-refractivity contribution is 0.468. The first-order valence-corrected chi connectivity index (χ1v) is 5.55. The summed E-state index contributed by atoms with van der Waals surface area (Å²) < 4.78 is 8.20. The molecular weight excluding hydrogens is 220 g/mol. The van der Waals surface area contributed by atoms with Crippen LogP contribution in [-0.2, 0) is 14.1 Å². The second-order valence-corrected chi connectivity index (χ2v) is 4.61. The summed E-state index contributed by atoms with van der Waals surface area (Å²) in [4.78, 5) is 23.9. The van der Waals surface area contributed by atoms with Gasteiger partial charge in [-0.15, -0.1) is 0 Å². The topological polar surface area (TPSA) is 57.1 Å². The summed E-state index contributed by atoms with van der Waals surface area (Å²) in [6, 6.07) is 0. The van der Waals surface area contributed by atoms with E-state index in [4.69, 9.17) is 4.42 Å². The van der Waals surface area contributed by atoms with Crippen LogP contribution in [0.2, 0.25) is 0 Å². The maximum Gasteiger partial charge on any atom is 0.331 e. The lowest BCUT2D eigenvalue weighted by Gasteiger charge is -2.05. The molecule has 92 valence electrons. The van der Waals surface area contributed by atoms with Crippen molar-refractivity contribution in [1.29, 1.82) is 0 Å². The highest BCUT2D eigenvalue weighted by molar-refractivity contribution is 5.83. The molecule has 0 saturated carbocycles. The van der Waals surface area contributed by atoms with Crippen molar-refractivity contribution in [3.05, 3.63) is 32.4 Å². The van der Waals surface area contributed by atoms with Crippen molar-refractivity contribution in [2.24, 2.45) is 14.1 Å². The molecule has 0 N–H and O–H groups in total. The van der Waals surface area contributed by atoms with Gasteiger partial charge in [-0.05, 0) is 6.92 Å². The quantitative estimate of drug-likeness (QED) is 0.749. The van der Waals surface area contributed by atoms with Crippen LogP contribution in [0, 0.1) is 6.92 Å². The first-order chi connectivity index (χ1) is 7.86. The smallest absolute Gasteiger partial charge is 0.331 e. The molecule has 0 aliphatic rings. The number of hydrogen-bond acceptors (Lipinski definition) is 3.